The maximum atomic E-state index is 13.4. The molecule has 0 aliphatic heterocycles. The van der Waals surface area contributed by atoms with Gasteiger partial charge in [-0.1, -0.05) is 35.7 Å². The molecular formula is C30H28ClFN6O2. The highest BCUT2D eigenvalue weighted by atomic mass is 35.5. The molecule has 0 unspecified atom stereocenters. The monoisotopic (exact) mass is 558 g/mol. The number of nitrogens with one attached hydrogen (secondary N) is 2. The average molecular weight is 559 g/mol. The highest BCUT2D eigenvalue weighted by Crippen LogP contribution is 2.30. The van der Waals surface area contributed by atoms with E-state index in [0.717, 1.165) is 13.0 Å². The van der Waals surface area contributed by atoms with Crippen LogP contribution in [0.1, 0.15) is 29.7 Å². The number of hydrogen-bond acceptors (Lipinski definition) is 7. The molecule has 4 rings (SSSR count). The largest absolute Gasteiger partial charge is 0.487 e. The number of benzene rings is 2. The van der Waals surface area contributed by atoms with Crippen LogP contribution in [0.15, 0.2) is 73.2 Å². The van der Waals surface area contributed by atoms with Crippen LogP contribution in [0.2, 0.25) is 5.02 Å². The molecule has 2 N–H and O–H groups in total. The number of hydrogen-bond donors (Lipinski definition) is 2. The van der Waals surface area contributed by atoms with E-state index in [1.54, 1.807) is 54.7 Å². The predicted octanol–water partition coefficient (Wildman–Crippen LogP) is 5.67. The maximum absolute atomic E-state index is 13.4. The molecule has 1 amide bonds. The van der Waals surface area contributed by atoms with E-state index in [9.17, 15) is 9.18 Å². The Bertz CT molecular complexity index is 1540. The Kier molecular flexibility index (Phi) is 9.99. The average Bonchev–Trinajstić information content (AvgIpc) is 2.92. The van der Waals surface area contributed by atoms with Gasteiger partial charge in [0.25, 0.3) is 0 Å². The Hall–Kier alpha value is -4.52. The van der Waals surface area contributed by atoms with E-state index >= 15 is 0 Å². The van der Waals surface area contributed by atoms with Crippen LogP contribution in [0, 0.1) is 17.7 Å². The first kappa shape index (κ1) is 28.5. The Morgan fingerprint density at radius 2 is 1.95 bits per heavy atom. The summed E-state index contributed by atoms with van der Waals surface area (Å²) in [7, 11) is 3.94. The fraction of sp³-hybridized carbons (Fsp3) is 0.200. The van der Waals surface area contributed by atoms with Crippen molar-refractivity contribution in [3.8, 4) is 17.6 Å². The van der Waals surface area contributed by atoms with E-state index in [1.165, 1.54) is 18.5 Å². The van der Waals surface area contributed by atoms with Crippen molar-refractivity contribution in [1.82, 2.24) is 19.9 Å². The topological polar surface area (TPSA) is 92.3 Å². The summed E-state index contributed by atoms with van der Waals surface area (Å²) in [5.41, 5.74) is 2.40. The van der Waals surface area contributed by atoms with Gasteiger partial charge in [0, 0.05) is 18.3 Å². The highest BCUT2D eigenvalue weighted by molar-refractivity contribution is 6.32. The van der Waals surface area contributed by atoms with Gasteiger partial charge in [-0.05, 0) is 81.0 Å². The molecule has 0 radical (unpaired) electrons. The number of nitrogens with zero attached hydrogens (tertiary/aromatic N) is 4. The molecule has 204 valence electrons. The van der Waals surface area contributed by atoms with Gasteiger partial charge in [0.2, 0.25) is 5.91 Å². The van der Waals surface area contributed by atoms with Crippen LogP contribution in [-0.4, -0.2) is 46.4 Å². The lowest BCUT2D eigenvalue weighted by Gasteiger charge is -2.11. The van der Waals surface area contributed by atoms with Crippen molar-refractivity contribution >= 4 is 34.8 Å². The summed E-state index contributed by atoms with van der Waals surface area (Å²) < 4.78 is 19.2. The fourth-order valence-electron chi connectivity index (χ4n) is 3.61. The first-order valence-corrected chi connectivity index (χ1v) is 12.9. The molecule has 0 aliphatic rings. The molecule has 10 heteroatoms. The Morgan fingerprint density at radius 3 is 2.75 bits per heavy atom. The quantitative estimate of drug-likeness (QED) is 0.242. The number of aromatic nitrogens is 3. The van der Waals surface area contributed by atoms with Gasteiger partial charge in [-0.25, -0.2) is 19.3 Å². The fourth-order valence-corrected chi connectivity index (χ4v) is 3.84. The van der Waals surface area contributed by atoms with Crippen LogP contribution in [0.25, 0.3) is 0 Å². The number of rotatable bonds is 10. The van der Waals surface area contributed by atoms with E-state index in [0.29, 0.717) is 51.3 Å². The number of halogens is 2. The van der Waals surface area contributed by atoms with Crippen molar-refractivity contribution in [3.05, 3.63) is 101 Å². The minimum absolute atomic E-state index is 0.0913. The maximum Gasteiger partial charge on any atom is 0.225 e. The second kappa shape index (κ2) is 14.0. The minimum atomic E-state index is -0.322. The summed E-state index contributed by atoms with van der Waals surface area (Å²) >= 11 is 6.43. The number of pyridine rings is 1. The van der Waals surface area contributed by atoms with E-state index in [2.05, 4.69) is 37.4 Å². The smallest absolute Gasteiger partial charge is 0.225 e. The molecule has 0 spiro atoms. The van der Waals surface area contributed by atoms with Gasteiger partial charge >= 0.3 is 0 Å². The van der Waals surface area contributed by atoms with E-state index in [-0.39, 0.29) is 18.3 Å². The zero-order valence-electron chi connectivity index (χ0n) is 22.1. The number of carbonyl (C=O) groups is 1. The second-order valence-electron chi connectivity index (χ2n) is 9.09. The van der Waals surface area contributed by atoms with Gasteiger partial charge in [-0.15, -0.1) is 0 Å². The number of anilines is 3. The van der Waals surface area contributed by atoms with Crippen LogP contribution < -0.4 is 15.4 Å². The Labute approximate surface area is 237 Å². The third-order valence-electron chi connectivity index (χ3n) is 5.54. The predicted molar refractivity (Wildman–Crippen MR) is 154 cm³/mol. The molecule has 0 bridgehead atoms. The lowest BCUT2D eigenvalue weighted by molar-refractivity contribution is -0.116. The number of ether oxygens (including phenoxy) is 1. The molecule has 0 atom stereocenters. The van der Waals surface area contributed by atoms with Crippen molar-refractivity contribution in [2.45, 2.75) is 19.4 Å². The molecule has 2 aromatic heterocycles. The van der Waals surface area contributed by atoms with Gasteiger partial charge in [0.15, 0.2) is 0 Å². The van der Waals surface area contributed by atoms with Crippen molar-refractivity contribution in [2.24, 2.45) is 0 Å². The Balaban J connectivity index is 1.41. The molecule has 0 saturated heterocycles. The molecule has 40 heavy (non-hydrogen) atoms. The van der Waals surface area contributed by atoms with Gasteiger partial charge in [-0.2, -0.15) is 0 Å². The van der Waals surface area contributed by atoms with Crippen LogP contribution in [-0.2, 0) is 11.4 Å². The zero-order valence-corrected chi connectivity index (χ0v) is 22.9. The summed E-state index contributed by atoms with van der Waals surface area (Å²) in [4.78, 5) is 27.0. The Morgan fingerprint density at radius 1 is 1.10 bits per heavy atom. The molecule has 4 aromatic rings. The third-order valence-corrected chi connectivity index (χ3v) is 5.84. The molecule has 0 saturated carbocycles. The summed E-state index contributed by atoms with van der Waals surface area (Å²) in [6.07, 6.45) is 4.18. The molecule has 2 aromatic carbocycles. The zero-order chi connectivity index (χ0) is 28.3. The lowest BCUT2D eigenvalue weighted by atomic mass is 10.2. The van der Waals surface area contributed by atoms with E-state index in [1.807, 2.05) is 19.0 Å². The summed E-state index contributed by atoms with van der Waals surface area (Å²) in [5.74, 6) is 7.02. The van der Waals surface area contributed by atoms with Crippen LogP contribution in [0.3, 0.4) is 0 Å². The van der Waals surface area contributed by atoms with Crippen molar-refractivity contribution in [2.75, 3.05) is 31.3 Å². The number of carbonyl (C=O) groups excluding carboxylic acids is 1. The van der Waals surface area contributed by atoms with Crippen molar-refractivity contribution < 1.29 is 13.9 Å². The van der Waals surface area contributed by atoms with Crippen LogP contribution in [0.4, 0.5) is 21.7 Å². The molecule has 0 fully saturated rings. The van der Waals surface area contributed by atoms with Crippen molar-refractivity contribution in [1.29, 1.82) is 0 Å². The van der Waals surface area contributed by atoms with E-state index in [4.69, 9.17) is 16.3 Å². The first-order valence-electron chi connectivity index (χ1n) is 12.5. The van der Waals surface area contributed by atoms with Crippen molar-refractivity contribution in [3.63, 3.8) is 0 Å². The normalized spacial score (nSPS) is 10.5. The van der Waals surface area contributed by atoms with Gasteiger partial charge in [0.1, 0.15) is 41.8 Å². The highest BCUT2D eigenvalue weighted by Gasteiger charge is 2.08. The van der Waals surface area contributed by atoms with Crippen LogP contribution in [0.5, 0.6) is 5.75 Å². The first-order chi connectivity index (χ1) is 19.4. The molecule has 2 heterocycles. The molecule has 8 nitrogen and oxygen atoms in total. The second-order valence-corrected chi connectivity index (χ2v) is 9.49. The minimum Gasteiger partial charge on any atom is -0.487 e. The summed E-state index contributed by atoms with van der Waals surface area (Å²) in [6, 6.07) is 16.7. The third kappa shape index (κ3) is 8.76. The summed E-state index contributed by atoms with van der Waals surface area (Å²) in [5, 5.41) is 6.40. The standard InChI is InChI=1S/C30H28ClFN6O2/c1-38(2)15-5-10-29(39)37-28-9-4-8-24(35-28)12-11-22-18-33-20-34-30(22)36-25-13-14-27(26(31)17-25)40-19-21-6-3-7-23(32)16-21/h3-4,6-9,13-14,16-18,20H,5,10,15,19H2,1-2H3,(H,33,34,36)(H,35,37,39). The van der Waals surface area contributed by atoms with Gasteiger partial charge in [0.05, 0.1) is 10.6 Å². The lowest BCUT2D eigenvalue weighted by Crippen LogP contribution is -2.17. The van der Waals surface area contributed by atoms with Crippen LogP contribution >= 0.6 is 11.6 Å². The van der Waals surface area contributed by atoms with Gasteiger partial charge in [-0.3, -0.25) is 4.79 Å². The summed E-state index contributed by atoms with van der Waals surface area (Å²) in [6.45, 7) is 1.02. The molecule has 0 aliphatic carbocycles. The molecular weight excluding hydrogens is 531 g/mol. The van der Waals surface area contributed by atoms with Gasteiger partial charge < -0.3 is 20.3 Å². The number of amides is 1. The van der Waals surface area contributed by atoms with E-state index < -0.39 is 0 Å². The SMILES string of the molecule is CN(C)CCCC(=O)Nc1cccc(C#Cc2cncnc2Nc2ccc(OCc3cccc(F)c3)c(Cl)c2)n1.